The van der Waals surface area contributed by atoms with Crippen molar-refractivity contribution in [2.24, 2.45) is 5.92 Å². The second kappa shape index (κ2) is 6.40. The van der Waals surface area contributed by atoms with Crippen molar-refractivity contribution >= 4 is 5.91 Å². The van der Waals surface area contributed by atoms with Gasteiger partial charge in [-0.1, -0.05) is 30.3 Å². The second-order valence-corrected chi connectivity index (χ2v) is 6.14. The Balaban J connectivity index is 1.50. The van der Waals surface area contributed by atoms with Crippen LogP contribution in [0.2, 0.25) is 0 Å². The average Bonchev–Trinajstić information content (AvgIpc) is 3.28. The first-order chi connectivity index (χ1) is 9.81. The Labute approximate surface area is 121 Å². The molecule has 0 unspecified atom stereocenters. The van der Waals surface area contributed by atoms with E-state index in [1.165, 1.54) is 19.4 Å². The van der Waals surface area contributed by atoms with Gasteiger partial charge < -0.3 is 9.80 Å². The molecule has 3 heteroatoms. The Morgan fingerprint density at radius 3 is 2.60 bits per heavy atom. The number of carbonyl (C=O) groups excluding carboxylic acids is 1. The van der Waals surface area contributed by atoms with Crippen molar-refractivity contribution < 1.29 is 4.79 Å². The normalized spacial score (nSPS) is 20.7. The quantitative estimate of drug-likeness (QED) is 0.838. The van der Waals surface area contributed by atoms with Gasteiger partial charge in [0, 0.05) is 26.2 Å². The molecular formula is C17H24N2O. The van der Waals surface area contributed by atoms with Crippen molar-refractivity contribution in [1.82, 2.24) is 9.80 Å². The van der Waals surface area contributed by atoms with Crippen LogP contribution in [0.5, 0.6) is 0 Å². The molecule has 0 aromatic heterocycles. The third-order valence-electron chi connectivity index (χ3n) is 4.35. The number of hydrogen-bond acceptors (Lipinski definition) is 2. The molecule has 3 rings (SSSR count). The minimum Gasteiger partial charge on any atom is -0.341 e. The molecule has 2 fully saturated rings. The van der Waals surface area contributed by atoms with E-state index in [-0.39, 0.29) is 5.91 Å². The molecule has 1 heterocycles. The minimum absolute atomic E-state index is 0.282. The summed E-state index contributed by atoms with van der Waals surface area (Å²) in [5.41, 5.74) is 1.12. The predicted molar refractivity (Wildman–Crippen MR) is 80.5 cm³/mol. The Morgan fingerprint density at radius 1 is 1.05 bits per heavy atom. The number of carbonyl (C=O) groups is 1. The van der Waals surface area contributed by atoms with Gasteiger partial charge in [-0.2, -0.15) is 0 Å². The highest BCUT2D eigenvalue weighted by Gasteiger charge is 2.26. The molecule has 1 aliphatic heterocycles. The number of rotatable bonds is 4. The Kier molecular flexibility index (Phi) is 4.36. The van der Waals surface area contributed by atoms with Crippen LogP contribution >= 0.6 is 0 Å². The lowest BCUT2D eigenvalue weighted by atomic mass is 10.1. The summed E-state index contributed by atoms with van der Waals surface area (Å²) in [5.74, 6) is 1.23. The van der Waals surface area contributed by atoms with Crippen molar-refractivity contribution in [2.75, 3.05) is 32.7 Å². The van der Waals surface area contributed by atoms with Crippen LogP contribution in [0.25, 0.3) is 0 Å². The molecular weight excluding hydrogens is 248 g/mol. The van der Waals surface area contributed by atoms with Gasteiger partial charge in [-0.05, 0) is 37.3 Å². The Morgan fingerprint density at radius 2 is 1.85 bits per heavy atom. The van der Waals surface area contributed by atoms with Crippen LogP contribution in [0, 0.1) is 5.92 Å². The van der Waals surface area contributed by atoms with E-state index in [9.17, 15) is 4.79 Å². The van der Waals surface area contributed by atoms with Crippen LogP contribution in [0.1, 0.15) is 24.8 Å². The SMILES string of the molecule is O=C(Cc1ccccc1)N1CCCN(CC2CC2)CC1. The smallest absolute Gasteiger partial charge is 0.227 e. The first kappa shape index (κ1) is 13.6. The standard InChI is InChI=1S/C17H24N2O/c20-17(13-15-5-2-1-3-6-15)19-10-4-9-18(11-12-19)14-16-7-8-16/h1-3,5-6,16H,4,7-14H2. The molecule has 0 atom stereocenters. The van der Waals surface area contributed by atoms with Gasteiger partial charge in [-0.25, -0.2) is 0 Å². The maximum atomic E-state index is 12.4. The Hall–Kier alpha value is -1.35. The van der Waals surface area contributed by atoms with E-state index in [0.29, 0.717) is 6.42 Å². The maximum absolute atomic E-state index is 12.4. The van der Waals surface area contributed by atoms with E-state index >= 15 is 0 Å². The number of nitrogens with zero attached hydrogens (tertiary/aromatic N) is 2. The number of benzene rings is 1. The summed E-state index contributed by atoms with van der Waals surface area (Å²) in [6.07, 6.45) is 4.48. The van der Waals surface area contributed by atoms with Gasteiger partial charge in [0.2, 0.25) is 5.91 Å². The molecule has 1 aliphatic carbocycles. The molecule has 1 amide bonds. The van der Waals surface area contributed by atoms with Crippen molar-refractivity contribution in [3.05, 3.63) is 35.9 Å². The molecule has 0 bridgehead atoms. The zero-order valence-electron chi connectivity index (χ0n) is 12.1. The van der Waals surface area contributed by atoms with Gasteiger partial charge in [0.15, 0.2) is 0 Å². The topological polar surface area (TPSA) is 23.6 Å². The van der Waals surface area contributed by atoms with E-state index in [0.717, 1.165) is 44.1 Å². The van der Waals surface area contributed by atoms with Gasteiger partial charge >= 0.3 is 0 Å². The molecule has 1 aromatic rings. The van der Waals surface area contributed by atoms with Gasteiger partial charge in [0.1, 0.15) is 0 Å². The molecule has 1 saturated heterocycles. The fourth-order valence-corrected chi connectivity index (χ4v) is 2.95. The van der Waals surface area contributed by atoms with E-state index in [2.05, 4.69) is 9.80 Å². The third-order valence-corrected chi connectivity index (χ3v) is 4.35. The fourth-order valence-electron chi connectivity index (χ4n) is 2.95. The number of amides is 1. The van der Waals surface area contributed by atoms with Crippen LogP contribution in [-0.2, 0) is 11.2 Å². The largest absolute Gasteiger partial charge is 0.341 e. The highest BCUT2D eigenvalue weighted by Crippen LogP contribution is 2.29. The van der Waals surface area contributed by atoms with E-state index in [1.54, 1.807) is 0 Å². The number of hydrogen-bond donors (Lipinski definition) is 0. The van der Waals surface area contributed by atoms with Crippen LogP contribution in [-0.4, -0.2) is 48.4 Å². The molecule has 0 N–H and O–H groups in total. The summed E-state index contributed by atoms with van der Waals surface area (Å²) >= 11 is 0. The summed E-state index contributed by atoms with van der Waals surface area (Å²) < 4.78 is 0. The Bertz CT molecular complexity index is 442. The van der Waals surface area contributed by atoms with Crippen molar-refractivity contribution in [1.29, 1.82) is 0 Å². The highest BCUT2D eigenvalue weighted by molar-refractivity contribution is 5.78. The van der Waals surface area contributed by atoms with E-state index < -0.39 is 0 Å². The van der Waals surface area contributed by atoms with Gasteiger partial charge in [0.25, 0.3) is 0 Å². The molecule has 3 nitrogen and oxygen atoms in total. The van der Waals surface area contributed by atoms with Crippen LogP contribution in [0.15, 0.2) is 30.3 Å². The van der Waals surface area contributed by atoms with Crippen molar-refractivity contribution in [3.63, 3.8) is 0 Å². The lowest BCUT2D eigenvalue weighted by Crippen LogP contribution is -2.36. The molecule has 2 aliphatic rings. The third kappa shape index (κ3) is 3.83. The second-order valence-electron chi connectivity index (χ2n) is 6.14. The van der Waals surface area contributed by atoms with Crippen molar-refractivity contribution in [2.45, 2.75) is 25.7 Å². The highest BCUT2D eigenvalue weighted by atomic mass is 16.2. The van der Waals surface area contributed by atoms with E-state index in [1.807, 2.05) is 30.3 Å². The van der Waals surface area contributed by atoms with Gasteiger partial charge in [-0.3, -0.25) is 4.79 Å². The van der Waals surface area contributed by atoms with Crippen molar-refractivity contribution in [3.8, 4) is 0 Å². The summed E-state index contributed by atoms with van der Waals surface area (Å²) in [6, 6.07) is 10.1. The molecule has 108 valence electrons. The zero-order valence-corrected chi connectivity index (χ0v) is 12.1. The van der Waals surface area contributed by atoms with E-state index in [4.69, 9.17) is 0 Å². The monoisotopic (exact) mass is 272 g/mol. The van der Waals surface area contributed by atoms with Crippen LogP contribution in [0.3, 0.4) is 0 Å². The molecule has 0 radical (unpaired) electrons. The molecule has 0 spiro atoms. The minimum atomic E-state index is 0.282. The molecule has 1 saturated carbocycles. The summed E-state index contributed by atoms with van der Waals surface area (Å²) in [6.45, 7) is 5.29. The average molecular weight is 272 g/mol. The fraction of sp³-hybridized carbons (Fsp3) is 0.588. The predicted octanol–water partition coefficient (Wildman–Crippen LogP) is 2.17. The summed E-state index contributed by atoms with van der Waals surface area (Å²) in [4.78, 5) is 17.0. The van der Waals surface area contributed by atoms with Gasteiger partial charge in [0.05, 0.1) is 6.42 Å². The maximum Gasteiger partial charge on any atom is 0.227 e. The van der Waals surface area contributed by atoms with Gasteiger partial charge in [-0.15, -0.1) is 0 Å². The lowest BCUT2D eigenvalue weighted by molar-refractivity contribution is -0.130. The zero-order chi connectivity index (χ0) is 13.8. The van der Waals surface area contributed by atoms with Crippen LogP contribution in [0.4, 0.5) is 0 Å². The summed E-state index contributed by atoms with van der Waals surface area (Å²) in [5, 5.41) is 0. The molecule has 20 heavy (non-hydrogen) atoms. The first-order valence-electron chi connectivity index (χ1n) is 7.85. The first-order valence-corrected chi connectivity index (χ1v) is 7.85. The van der Waals surface area contributed by atoms with Crippen LogP contribution < -0.4 is 0 Å². The lowest BCUT2D eigenvalue weighted by Gasteiger charge is -2.22. The molecule has 1 aromatic carbocycles. The summed E-state index contributed by atoms with van der Waals surface area (Å²) in [7, 11) is 0.